The highest BCUT2D eigenvalue weighted by Crippen LogP contribution is 2.24. The van der Waals surface area contributed by atoms with Crippen LogP contribution in [-0.2, 0) is 33.3 Å². The van der Waals surface area contributed by atoms with Gasteiger partial charge in [0.1, 0.15) is 12.5 Å². The van der Waals surface area contributed by atoms with E-state index in [0.29, 0.717) is 0 Å². The second-order valence-corrected chi connectivity index (χ2v) is 5.67. The first-order valence-corrected chi connectivity index (χ1v) is 8.39. The van der Waals surface area contributed by atoms with Gasteiger partial charge in [0.25, 0.3) is 0 Å². The third-order valence-electron chi connectivity index (χ3n) is 3.70. The van der Waals surface area contributed by atoms with Gasteiger partial charge < -0.3 is 28.8 Å². The second-order valence-electron chi connectivity index (χ2n) is 5.67. The number of carboxylic acid groups (broad SMARTS) is 1. The summed E-state index contributed by atoms with van der Waals surface area (Å²) in [5, 5.41) is 9.26. The number of carbonyl (C=O) groups excluding carboxylic acids is 3. The summed E-state index contributed by atoms with van der Waals surface area (Å²) in [4.78, 5) is 48.4. The summed E-state index contributed by atoms with van der Waals surface area (Å²) >= 11 is 0. The van der Waals surface area contributed by atoms with Gasteiger partial charge in [-0.25, -0.2) is 19.2 Å². The number of hydrogen-bond donors (Lipinski definition) is 1. The van der Waals surface area contributed by atoms with Crippen molar-refractivity contribution < 1.29 is 48.0 Å². The van der Waals surface area contributed by atoms with E-state index in [2.05, 4.69) is 9.47 Å². The first-order chi connectivity index (χ1) is 14.4. The average molecular weight is 414 g/mol. The SMILES string of the molecule is O=C(OC(OC(=O)c1ccccc1)OC(=O)C1(C(=O)O)OC=CO1)c1ccccc1. The lowest BCUT2D eigenvalue weighted by atomic mass is 10.2. The molecule has 0 saturated carbocycles. The van der Waals surface area contributed by atoms with Crippen LogP contribution in [0.1, 0.15) is 20.7 Å². The van der Waals surface area contributed by atoms with Crippen LogP contribution in [-0.4, -0.2) is 41.2 Å². The monoisotopic (exact) mass is 414 g/mol. The summed E-state index contributed by atoms with van der Waals surface area (Å²) in [6.45, 7) is -2.22. The Bertz CT molecular complexity index is 906. The number of esters is 3. The van der Waals surface area contributed by atoms with Crippen LogP contribution in [0, 0.1) is 0 Å². The molecule has 0 atom stereocenters. The van der Waals surface area contributed by atoms with Crippen LogP contribution in [0.3, 0.4) is 0 Å². The van der Waals surface area contributed by atoms with Gasteiger partial charge in [-0.3, -0.25) is 0 Å². The highest BCUT2D eigenvalue weighted by Gasteiger charge is 2.56. The third-order valence-corrected chi connectivity index (χ3v) is 3.70. The normalized spacial score (nSPS) is 13.6. The molecule has 0 saturated heterocycles. The molecule has 2 aromatic carbocycles. The standard InChI is InChI=1S/C20H14O10/c21-15(13-7-3-1-4-8-13)28-19(29-16(22)14-9-5-2-6-10-14)30-18(25)20(17(23)24)26-11-12-27-20/h1-12,19H,(H,23,24). The molecule has 0 fully saturated rings. The van der Waals surface area contributed by atoms with Crippen LogP contribution in [0.15, 0.2) is 73.2 Å². The molecule has 1 heterocycles. The molecular formula is C20H14O10. The first kappa shape index (κ1) is 20.4. The molecule has 2 aromatic rings. The summed E-state index contributed by atoms with van der Waals surface area (Å²) in [6.07, 6.45) is 1.63. The predicted octanol–water partition coefficient (Wildman–Crippen LogP) is 1.83. The molecule has 154 valence electrons. The van der Waals surface area contributed by atoms with E-state index in [1.54, 1.807) is 36.4 Å². The molecule has 0 amide bonds. The minimum Gasteiger partial charge on any atom is -0.475 e. The minimum atomic E-state index is -2.86. The maximum absolute atomic E-state index is 12.4. The van der Waals surface area contributed by atoms with E-state index in [1.807, 2.05) is 0 Å². The van der Waals surface area contributed by atoms with Crippen LogP contribution in [0.2, 0.25) is 0 Å². The fraction of sp³-hybridized carbons (Fsp3) is 0.100. The summed E-state index contributed by atoms with van der Waals surface area (Å²) in [5.41, 5.74) is 0.134. The lowest BCUT2D eigenvalue weighted by Crippen LogP contribution is -2.50. The number of hydrogen-bond acceptors (Lipinski definition) is 9. The topological polar surface area (TPSA) is 135 Å². The molecule has 1 aliphatic rings. The summed E-state index contributed by atoms with van der Waals surface area (Å²) < 4.78 is 24.0. The van der Waals surface area contributed by atoms with Crippen molar-refractivity contribution in [3.05, 3.63) is 84.3 Å². The molecule has 0 aliphatic carbocycles. The number of benzene rings is 2. The zero-order chi connectivity index (χ0) is 21.6. The Morgan fingerprint density at radius 3 is 1.57 bits per heavy atom. The Labute approximate surface area is 169 Å². The van der Waals surface area contributed by atoms with Crippen molar-refractivity contribution in [2.75, 3.05) is 0 Å². The number of carbonyl (C=O) groups is 4. The number of carboxylic acids is 1. The molecule has 1 N–H and O–H groups in total. The lowest BCUT2D eigenvalue weighted by molar-refractivity contribution is -0.258. The van der Waals surface area contributed by atoms with Crippen molar-refractivity contribution in [1.82, 2.24) is 0 Å². The molecule has 10 nitrogen and oxygen atoms in total. The molecule has 0 aromatic heterocycles. The van der Waals surface area contributed by atoms with Crippen LogP contribution < -0.4 is 0 Å². The van der Waals surface area contributed by atoms with Gasteiger partial charge in [-0.05, 0) is 24.3 Å². The molecule has 0 bridgehead atoms. The van der Waals surface area contributed by atoms with Crippen LogP contribution in [0.5, 0.6) is 0 Å². The number of ether oxygens (including phenoxy) is 5. The van der Waals surface area contributed by atoms with Crippen LogP contribution in [0.25, 0.3) is 0 Å². The van der Waals surface area contributed by atoms with Crippen molar-refractivity contribution in [1.29, 1.82) is 0 Å². The Balaban J connectivity index is 1.79. The van der Waals surface area contributed by atoms with E-state index in [9.17, 15) is 24.3 Å². The van der Waals surface area contributed by atoms with Crippen molar-refractivity contribution in [2.45, 2.75) is 12.3 Å². The predicted molar refractivity (Wildman–Crippen MR) is 95.3 cm³/mol. The van der Waals surface area contributed by atoms with Gasteiger partial charge in [0.15, 0.2) is 0 Å². The number of rotatable bonds is 7. The summed E-state index contributed by atoms with van der Waals surface area (Å²) in [6, 6.07) is 15.2. The summed E-state index contributed by atoms with van der Waals surface area (Å²) in [5.74, 6) is -8.31. The average Bonchev–Trinajstić information content (AvgIpc) is 3.26. The van der Waals surface area contributed by atoms with Gasteiger partial charge in [0.05, 0.1) is 11.1 Å². The van der Waals surface area contributed by atoms with E-state index in [0.717, 1.165) is 12.5 Å². The zero-order valence-corrected chi connectivity index (χ0v) is 15.1. The smallest absolute Gasteiger partial charge is 0.452 e. The van der Waals surface area contributed by atoms with Crippen LogP contribution >= 0.6 is 0 Å². The molecule has 0 spiro atoms. The first-order valence-electron chi connectivity index (χ1n) is 8.39. The second kappa shape index (κ2) is 8.78. The van der Waals surface area contributed by atoms with Gasteiger partial charge >= 0.3 is 36.1 Å². The minimum absolute atomic E-state index is 0.0669. The van der Waals surface area contributed by atoms with Gasteiger partial charge in [0.2, 0.25) is 0 Å². The highest BCUT2D eigenvalue weighted by molar-refractivity contribution is 6.01. The molecule has 30 heavy (non-hydrogen) atoms. The Morgan fingerprint density at radius 2 is 1.17 bits per heavy atom. The van der Waals surface area contributed by atoms with Gasteiger partial charge in [-0.2, -0.15) is 0 Å². The molecule has 10 heteroatoms. The maximum atomic E-state index is 12.4. The highest BCUT2D eigenvalue weighted by atomic mass is 16.9. The Kier molecular flexibility index (Phi) is 5.97. The van der Waals surface area contributed by atoms with Crippen molar-refractivity contribution in [3.8, 4) is 0 Å². The Hall–Kier alpha value is -4.34. The van der Waals surface area contributed by atoms with E-state index in [1.165, 1.54) is 24.3 Å². The largest absolute Gasteiger partial charge is 0.475 e. The van der Waals surface area contributed by atoms with Gasteiger partial charge in [-0.1, -0.05) is 36.4 Å². The molecule has 0 unspecified atom stereocenters. The van der Waals surface area contributed by atoms with E-state index < -0.39 is 36.1 Å². The number of aliphatic carboxylic acids is 1. The molecule has 3 rings (SSSR count). The fourth-order valence-electron chi connectivity index (χ4n) is 2.26. The molecule has 1 aliphatic heterocycles. The van der Waals surface area contributed by atoms with Crippen molar-refractivity contribution in [2.24, 2.45) is 0 Å². The Morgan fingerprint density at radius 1 is 0.733 bits per heavy atom. The maximum Gasteiger partial charge on any atom is 0.452 e. The molecule has 0 radical (unpaired) electrons. The lowest BCUT2D eigenvalue weighted by Gasteiger charge is -2.23. The van der Waals surface area contributed by atoms with Gasteiger partial charge in [0, 0.05) is 0 Å². The quantitative estimate of drug-likeness (QED) is 0.406. The van der Waals surface area contributed by atoms with Crippen molar-refractivity contribution >= 4 is 23.9 Å². The van der Waals surface area contributed by atoms with E-state index >= 15 is 0 Å². The van der Waals surface area contributed by atoms with Gasteiger partial charge in [-0.15, -0.1) is 0 Å². The third kappa shape index (κ3) is 4.38. The van der Waals surface area contributed by atoms with E-state index in [-0.39, 0.29) is 11.1 Å². The molecular weight excluding hydrogens is 400 g/mol. The fourth-order valence-corrected chi connectivity index (χ4v) is 2.26. The van der Waals surface area contributed by atoms with Crippen LogP contribution in [0.4, 0.5) is 0 Å². The zero-order valence-electron chi connectivity index (χ0n) is 15.1. The van der Waals surface area contributed by atoms with Crippen molar-refractivity contribution in [3.63, 3.8) is 0 Å². The van der Waals surface area contributed by atoms with E-state index in [4.69, 9.17) is 14.2 Å². The summed E-state index contributed by atoms with van der Waals surface area (Å²) in [7, 11) is 0.